The highest BCUT2D eigenvalue weighted by molar-refractivity contribution is 6.00. The van der Waals surface area contributed by atoms with E-state index in [1.54, 1.807) is 19.1 Å². The smallest absolute Gasteiger partial charge is 0.259 e. The Bertz CT molecular complexity index is 888. The van der Waals surface area contributed by atoms with Gasteiger partial charge in [0.1, 0.15) is 5.82 Å². The lowest BCUT2D eigenvalue weighted by molar-refractivity contribution is -0.120. The first-order chi connectivity index (χ1) is 13.9. The van der Waals surface area contributed by atoms with Crippen LogP contribution in [0.4, 0.5) is 4.39 Å². The molecule has 0 fully saturated rings. The Morgan fingerprint density at radius 1 is 0.966 bits per heavy atom. The lowest BCUT2D eigenvalue weighted by Gasteiger charge is -2.14. The molecular weight excluding hydrogens is 381 g/mol. The standard InChI is InChI=1S/C20H22FN3O5/c1-12(13-5-7-15(21)8-6-13)23-24-18(25)11-22-20(26)14-9-16(27-2)19(29-4)17(10-14)28-3/h5-10H,11H2,1-4H3,(H,22,26)(H,24,25). The Balaban J connectivity index is 1.98. The van der Waals surface area contributed by atoms with Gasteiger partial charge in [-0.25, -0.2) is 9.82 Å². The molecule has 0 aliphatic rings. The summed E-state index contributed by atoms with van der Waals surface area (Å²) in [5.41, 5.74) is 3.73. The third-order valence-electron chi connectivity index (χ3n) is 3.95. The van der Waals surface area contributed by atoms with E-state index in [0.717, 1.165) is 0 Å². The van der Waals surface area contributed by atoms with Crippen LogP contribution in [-0.2, 0) is 4.79 Å². The highest BCUT2D eigenvalue weighted by Gasteiger charge is 2.17. The van der Waals surface area contributed by atoms with E-state index in [1.807, 2.05) is 0 Å². The third kappa shape index (κ3) is 5.68. The maximum atomic E-state index is 12.9. The van der Waals surface area contributed by atoms with Gasteiger partial charge in [0.05, 0.1) is 33.6 Å². The molecule has 0 aliphatic carbocycles. The highest BCUT2D eigenvalue weighted by Crippen LogP contribution is 2.38. The van der Waals surface area contributed by atoms with Crippen LogP contribution in [0.15, 0.2) is 41.5 Å². The minimum absolute atomic E-state index is 0.235. The number of hydrogen-bond acceptors (Lipinski definition) is 6. The number of hydrazone groups is 1. The summed E-state index contributed by atoms with van der Waals surface area (Å²) in [5.74, 6) is -0.386. The molecule has 0 heterocycles. The van der Waals surface area contributed by atoms with Crippen molar-refractivity contribution in [3.63, 3.8) is 0 Å². The van der Waals surface area contributed by atoms with E-state index < -0.39 is 11.8 Å². The van der Waals surface area contributed by atoms with Crippen LogP contribution in [0.5, 0.6) is 17.2 Å². The largest absolute Gasteiger partial charge is 0.493 e. The van der Waals surface area contributed by atoms with Crippen molar-refractivity contribution in [3.05, 3.63) is 53.3 Å². The summed E-state index contributed by atoms with van der Waals surface area (Å²) in [4.78, 5) is 24.3. The Hall–Kier alpha value is -3.62. The Morgan fingerprint density at radius 3 is 2.07 bits per heavy atom. The summed E-state index contributed by atoms with van der Waals surface area (Å²) in [6, 6.07) is 8.65. The van der Waals surface area contributed by atoms with E-state index in [4.69, 9.17) is 14.2 Å². The van der Waals surface area contributed by atoms with Crippen molar-refractivity contribution < 1.29 is 28.2 Å². The molecule has 0 atom stereocenters. The van der Waals surface area contributed by atoms with Crippen molar-refractivity contribution in [2.24, 2.45) is 5.10 Å². The number of nitrogens with zero attached hydrogens (tertiary/aromatic N) is 1. The zero-order chi connectivity index (χ0) is 21.4. The molecule has 154 valence electrons. The van der Waals surface area contributed by atoms with E-state index >= 15 is 0 Å². The van der Waals surface area contributed by atoms with Gasteiger partial charge >= 0.3 is 0 Å². The zero-order valence-electron chi connectivity index (χ0n) is 16.5. The van der Waals surface area contributed by atoms with Crippen molar-refractivity contribution in [1.82, 2.24) is 10.7 Å². The Labute approximate surface area is 167 Å². The van der Waals surface area contributed by atoms with Gasteiger partial charge in [0.15, 0.2) is 11.5 Å². The van der Waals surface area contributed by atoms with Crippen LogP contribution in [0.25, 0.3) is 0 Å². The van der Waals surface area contributed by atoms with E-state index in [2.05, 4.69) is 15.8 Å². The molecule has 0 saturated heterocycles. The third-order valence-corrected chi connectivity index (χ3v) is 3.95. The van der Waals surface area contributed by atoms with Crippen LogP contribution in [-0.4, -0.2) is 45.4 Å². The second-order valence-electron chi connectivity index (χ2n) is 5.84. The maximum absolute atomic E-state index is 12.9. The number of ether oxygens (including phenoxy) is 3. The van der Waals surface area contributed by atoms with Crippen LogP contribution >= 0.6 is 0 Å². The maximum Gasteiger partial charge on any atom is 0.259 e. The van der Waals surface area contributed by atoms with Gasteiger partial charge in [-0.2, -0.15) is 5.10 Å². The number of carbonyl (C=O) groups is 2. The molecule has 2 amide bonds. The summed E-state index contributed by atoms with van der Waals surface area (Å²) in [6.45, 7) is 1.37. The fourth-order valence-corrected chi connectivity index (χ4v) is 2.42. The number of rotatable bonds is 8. The predicted molar refractivity (Wildman–Crippen MR) is 105 cm³/mol. The molecular formula is C20H22FN3O5. The minimum Gasteiger partial charge on any atom is -0.493 e. The number of hydrogen-bond donors (Lipinski definition) is 2. The molecule has 0 aliphatic heterocycles. The van der Waals surface area contributed by atoms with Gasteiger partial charge in [0.25, 0.3) is 11.8 Å². The molecule has 0 radical (unpaired) electrons. The molecule has 2 rings (SSSR count). The Morgan fingerprint density at radius 2 is 1.55 bits per heavy atom. The summed E-state index contributed by atoms with van der Waals surface area (Å²) < 4.78 is 28.6. The SMILES string of the molecule is COc1cc(C(=O)NCC(=O)NN=C(C)c2ccc(F)cc2)cc(OC)c1OC. The molecule has 0 aromatic heterocycles. The molecule has 9 heteroatoms. The van der Waals surface area contributed by atoms with Crippen LogP contribution in [0.3, 0.4) is 0 Å². The first-order valence-corrected chi connectivity index (χ1v) is 8.56. The van der Waals surface area contributed by atoms with Crippen molar-refractivity contribution in [1.29, 1.82) is 0 Å². The number of amides is 2. The van der Waals surface area contributed by atoms with Crippen molar-refractivity contribution >= 4 is 17.5 Å². The van der Waals surface area contributed by atoms with Gasteiger partial charge in [-0.05, 0) is 36.8 Å². The Kier molecular flexibility index (Phi) is 7.53. The summed E-state index contributed by atoms with van der Waals surface area (Å²) in [6.07, 6.45) is 0. The second kappa shape index (κ2) is 10.1. The number of nitrogens with one attached hydrogen (secondary N) is 2. The average molecular weight is 403 g/mol. The fourth-order valence-electron chi connectivity index (χ4n) is 2.42. The molecule has 2 aromatic rings. The number of halogens is 1. The molecule has 2 N–H and O–H groups in total. The van der Waals surface area contributed by atoms with Gasteiger partial charge in [-0.1, -0.05) is 12.1 Å². The minimum atomic E-state index is -0.521. The fraction of sp³-hybridized carbons (Fsp3) is 0.250. The van der Waals surface area contributed by atoms with E-state index in [9.17, 15) is 14.0 Å². The molecule has 8 nitrogen and oxygen atoms in total. The van der Waals surface area contributed by atoms with E-state index in [-0.39, 0.29) is 17.9 Å². The first-order valence-electron chi connectivity index (χ1n) is 8.56. The zero-order valence-corrected chi connectivity index (χ0v) is 16.5. The van der Waals surface area contributed by atoms with Gasteiger partial charge in [0, 0.05) is 5.56 Å². The molecule has 0 spiro atoms. The molecule has 29 heavy (non-hydrogen) atoms. The molecule has 0 bridgehead atoms. The van der Waals surface area contributed by atoms with Gasteiger partial charge in [0.2, 0.25) is 5.75 Å². The van der Waals surface area contributed by atoms with Crippen LogP contribution < -0.4 is 25.0 Å². The molecule has 2 aromatic carbocycles. The quantitative estimate of drug-likeness (QED) is 0.520. The van der Waals surface area contributed by atoms with Crippen molar-refractivity contribution in [2.75, 3.05) is 27.9 Å². The van der Waals surface area contributed by atoms with Gasteiger partial charge in [-0.3, -0.25) is 9.59 Å². The van der Waals surface area contributed by atoms with Crippen LogP contribution in [0.2, 0.25) is 0 Å². The van der Waals surface area contributed by atoms with Crippen molar-refractivity contribution in [3.8, 4) is 17.2 Å². The lowest BCUT2D eigenvalue weighted by atomic mass is 10.1. The summed E-state index contributed by atoms with van der Waals surface area (Å²) in [5, 5.41) is 6.43. The van der Waals surface area contributed by atoms with Crippen LogP contribution in [0.1, 0.15) is 22.8 Å². The first kappa shape index (κ1) is 21.7. The van der Waals surface area contributed by atoms with Gasteiger partial charge in [-0.15, -0.1) is 0 Å². The molecule has 0 saturated carbocycles. The monoisotopic (exact) mass is 403 g/mol. The van der Waals surface area contributed by atoms with E-state index in [1.165, 1.54) is 45.6 Å². The average Bonchev–Trinajstić information content (AvgIpc) is 2.74. The summed E-state index contributed by atoms with van der Waals surface area (Å²) in [7, 11) is 4.33. The number of benzene rings is 2. The van der Waals surface area contributed by atoms with E-state index in [0.29, 0.717) is 28.5 Å². The highest BCUT2D eigenvalue weighted by atomic mass is 19.1. The van der Waals surface area contributed by atoms with Gasteiger partial charge < -0.3 is 19.5 Å². The lowest BCUT2D eigenvalue weighted by Crippen LogP contribution is -2.35. The topological polar surface area (TPSA) is 98.2 Å². The summed E-state index contributed by atoms with van der Waals surface area (Å²) >= 11 is 0. The molecule has 0 unspecified atom stereocenters. The van der Waals surface area contributed by atoms with Crippen molar-refractivity contribution in [2.45, 2.75) is 6.92 Å². The predicted octanol–water partition coefficient (Wildman–Crippen LogP) is 2.12. The second-order valence-corrected chi connectivity index (χ2v) is 5.84. The normalized spacial score (nSPS) is 10.9. The number of carbonyl (C=O) groups excluding carboxylic acids is 2. The number of methoxy groups -OCH3 is 3. The van der Waals surface area contributed by atoms with Crippen LogP contribution in [0, 0.1) is 5.82 Å².